The lowest BCUT2D eigenvalue weighted by molar-refractivity contribution is 0.210. The van der Waals surface area contributed by atoms with Crippen LogP contribution in [0.25, 0.3) is 11.6 Å². The Morgan fingerprint density at radius 2 is 2.18 bits per heavy atom. The molecule has 1 aromatic carbocycles. The number of carboxylic acid groups (broad SMARTS) is 1. The fraction of sp³-hybridized carbons (Fsp3) is 0. The van der Waals surface area contributed by atoms with Crippen LogP contribution in [-0.4, -0.2) is 31.4 Å². The molecule has 3 aromatic rings. The Kier molecular flexibility index (Phi) is 3.60. The van der Waals surface area contributed by atoms with Crippen molar-refractivity contribution in [2.75, 3.05) is 5.32 Å². The Balaban J connectivity index is 1.81. The molecule has 0 atom stereocenters. The Hall–Kier alpha value is -3.49. The summed E-state index contributed by atoms with van der Waals surface area (Å²) >= 11 is 0. The minimum Gasteiger partial charge on any atom is -0.465 e. The lowest BCUT2D eigenvalue weighted by Gasteiger charge is -2.07. The number of ether oxygens (including phenoxy) is 1. The summed E-state index contributed by atoms with van der Waals surface area (Å²) in [5, 5.41) is 18.2. The molecule has 0 bridgehead atoms. The number of amides is 1. The average Bonchev–Trinajstić information content (AvgIpc) is 3.01. The number of nitrogens with zero attached hydrogens (tertiary/aromatic N) is 4. The predicted octanol–water partition coefficient (Wildman–Crippen LogP) is 2.41. The van der Waals surface area contributed by atoms with Crippen LogP contribution in [0.5, 0.6) is 11.6 Å². The molecule has 2 N–H and O–H groups in total. The molecule has 9 heteroatoms. The molecular formula is C13H9N5O4. The summed E-state index contributed by atoms with van der Waals surface area (Å²) < 4.78 is 10.6. The first kappa shape index (κ1) is 13.5. The molecule has 9 nitrogen and oxygen atoms in total. The highest BCUT2D eigenvalue weighted by atomic mass is 16.5. The molecule has 0 saturated heterocycles. The van der Waals surface area contributed by atoms with Gasteiger partial charge in [-0.2, -0.15) is 0 Å². The summed E-state index contributed by atoms with van der Waals surface area (Å²) in [6, 6.07) is 7.99. The molecule has 3 rings (SSSR count). The van der Waals surface area contributed by atoms with E-state index in [1.165, 1.54) is 24.9 Å². The number of hydrogen-bond acceptors (Lipinski definition) is 7. The van der Waals surface area contributed by atoms with E-state index in [4.69, 9.17) is 14.3 Å². The van der Waals surface area contributed by atoms with E-state index in [0.29, 0.717) is 17.1 Å². The number of carbonyl (C=O) groups is 1. The molecule has 0 aliphatic heterocycles. The Labute approximate surface area is 123 Å². The molecule has 0 radical (unpaired) electrons. The van der Waals surface area contributed by atoms with Gasteiger partial charge in [0.1, 0.15) is 17.8 Å². The quantitative estimate of drug-likeness (QED) is 0.752. The van der Waals surface area contributed by atoms with E-state index in [-0.39, 0.29) is 11.8 Å². The summed E-state index contributed by atoms with van der Waals surface area (Å²) in [6.45, 7) is 0. The lowest BCUT2D eigenvalue weighted by Crippen LogP contribution is -2.06. The third kappa shape index (κ3) is 3.15. The van der Waals surface area contributed by atoms with Gasteiger partial charge in [-0.15, -0.1) is 10.2 Å². The van der Waals surface area contributed by atoms with Gasteiger partial charge in [0, 0.05) is 17.8 Å². The zero-order valence-corrected chi connectivity index (χ0v) is 11.0. The molecule has 110 valence electrons. The minimum atomic E-state index is -1.15. The van der Waals surface area contributed by atoms with E-state index in [1.807, 2.05) is 0 Å². The maximum atomic E-state index is 10.6. The molecule has 0 saturated carbocycles. The Morgan fingerprint density at radius 3 is 2.95 bits per heavy atom. The van der Waals surface area contributed by atoms with Crippen LogP contribution in [-0.2, 0) is 0 Å². The monoisotopic (exact) mass is 299 g/mol. The van der Waals surface area contributed by atoms with Gasteiger partial charge in [-0.1, -0.05) is 6.07 Å². The first-order chi connectivity index (χ1) is 10.7. The highest BCUT2D eigenvalue weighted by molar-refractivity contribution is 5.83. The first-order valence-electron chi connectivity index (χ1n) is 6.07. The zero-order chi connectivity index (χ0) is 15.4. The van der Waals surface area contributed by atoms with Gasteiger partial charge in [0.05, 0.1) is 0 Å². The van der Waals surface area contributed by atoms with Crippen molar-refractivity contribution in [1.29, 1.82) is 0 Å². The Bertz CT molecular complexity index is 791. The summed E-state index contributed by atoms with van der Waals surface area (Å²) in [5.74, 6) is 0.922. The third-order valence-corrected chi connectivity index (χ3v) is 2.53. The van der Waals surface area contributed by atoms with E-state index >= 15 is 0 Å². The normalized spacial score (nSPS) is 10.2. The van der Waals surface area contributed by atoms with Gasteiger partial charge in [-0.05, 0) is 12.1 Å². The smallest absolute Gasteiger partial charge is 0.409 e. The Morgan fingerprint density at radius 1 is 1.27 bits per heavy atom. The molecule has 0 unspecified atom stereocenters. The van der Waals surface area contributed by atoms with Crippen LogP contribution < -0.4 is 10.1 Å². The summed E-state index contributed by atoms with van der Waals surface area (Å²) in [4.78, 5) is 18.6. The molecule has 0 aliphatic rings. The van der Waals surface area contributed by atoms with Crippen LogP contribution in [0.3, 0.4) is 0 Å². The highest BCUT2D eigenvalue weighted by Gasteiger charge is 2.08. The van der Waals surface area contributed by atoms with Crippen molar-refractivity contribution in [2.24, 2.45) is 0 Å². The van der Waals surface area contributed by atoms with Gasteiger partial charge in [0.2, 0.25) is 12.3 Å². The van der Waals surface area contributed by atoms with Crippen LogP contribution in [0.2, 0.25) is 0 Å². The van der Waals surface area contributed by atoms with Crippen molar-refractivity contribution in [2.45, 2.75) is 0 Å². The number of rotatable bonds is 4. The van der Waals surface area contributed by atoms with Crippen molar-refractivity contribution in [1.82, 2.24) is 20.2 Å². The molecule has 2 heterocycles. The van der Waals surface area contributed by atoms with Crippen LogP contribution in [0.4, 0.5) is 10.5 Å². The van der Waals surface area contributed by atoms with Gasteiger partial charge < -0.3 is 14.3 Å². The standard InChI is InChI=1S/C13H9N5O4/c19-13(20)17-8-2-1-3-9(4-8)22-11-5-10(14-6-15-11)12-18-16-7-21-12/h1-7,17H,(H,19,20). The maximum absolute atomic E-state index is 10.6. The fourth-order valence-electron chi connectivity index (χ4n) is 1.68. The van der Waals surface area contributed by atoms with Crippen LogP contribution in [0, 0.1) is 0 Å². The van der Waals surface area contributed by atoms with Crippen molar-refractivity contribution < 1.29 is 19.1 Å². The molecule has 0 fully saturated rings. The van der Waals surface area contributed by atoms with E-state index in [2.05, 4.69) is 25.5 Å². The van der Waals surface area contributed by atoms with Crippen molar-refractivity contribution in [3.63, 3.8) is 0 Å². The fourth-order valence-corrected chi connectivity index (χ4v) is 1.68. The maximum Gasteiger partial charge on any atom is 0.409 e. The first-order valence-corrected chi connectivity index (χ1v) is 6.07. The summed E-state index contributed by atoms with van der Waals surface area (Å²) in [6.07, 6.45) is 1.34. The minimum absolute atomic E-state index is 0.244. The van der Waals surface area contributed by atoms with Crippen molar-refractivity contribution in [3.8, 4) is 23.2 Å². The van der Waals surface area contributed by atoms with Crippen molar-refractivity contribution in [3.05, 3.63) is 43.1 Å². The third-order valence-electron chi connectivity index (χ3n) is 2.53. The van der Waals surface area contributed by atoms with E-state index in [9.17, 15) is 4.79 Å². The van der Waals surface area contributed by atoms with Gasteiger partial charge in [0.25, 0.3) is 5.89 Å². The largest absolute Gasteiger partial charge is 0.465 e. The molecule has 0 spiro atoms. The SMILES string of the molecule is O=C(O)Nc1cccc(Oc2cc(-c3nnco3)ncn2)c1. The van der Waals surface area contributed by atoms with Gasteiger partial charge >= 0.3 is 6.09 Å². The number of benzene rings is 1. The predicted molar refractivity (Wildman–Crippen MR) is 73.5 cm³/mol. The van der Waals surface area contributed by atoms with Gasteiger partial charge in [0.15, 0.2) is 0 Å². The molecule has 2 aromatic heterocycles. The van der Waals surface area contributed by atoms with Crippen molar-refractivity contribution >= 4 is 11.8 Å². The van der Waals surface area contributed by atoms with Gasteiger partial charge in [-0.25, -0.2) is 14.8 Å². The molecular weight excluding hydrogens is 290 g/mol. The summed E-state index contributed by atoms with van der Waals surface area (Å²) in [5.41, 5.74) is 0.804. The highest BCUT2D eigenvalue weighted by Crippen LogP contribution is 2.24. The number of aromatic nitrogens is 4. The zero-order valence-electron chi connectivity index (χ0n) is 11.0. The second kappa shape index (κ2) is 5.87. The molecule has 0 aliphatic carbocycles. The molecule has 22 heavy (non-hydrogen) atoms. The van der Waals surface area contributed by atoms with Gasteiger partial charge in [-0.3, -0.25) is 5.32 Å². The number of nitrogens with one attached hydrogen (secondary N) is 1. The topological polar surface area (TPSA) is 123 Å². The van der Waals surface area contributed by atoms with E-state index < -0.39 is 6.09 Å². The van der Waals surface area contributed by atoms with Crippen LogP contribution in [0.1, 0.15) is 0 Å². The molecule has 1 amide bonds. The average molecular weight is 299 g/mol. The van der Waals surface area contributed by atoms with Crippen LogP contribution >= 0.6 is 0 Å². The van der Waals surface area contributed by atoms with Crippen LogP contribution in [0.15, 0.2) is 47.5 Å². The second-order valence-electron chi connectivity index (χ2n) is 4.05. The number of hydrogen-bond donors (Lipinski definition) is 2. The lowest BCUT2D eigenvalue weighted by atomic mass is 10.3. The number of anilines is 1. The second-order valence-corrected chi connectivity index (χ2v) is 4.05. The van der Waals surface area contributed by atoms with E-state index in [0.717, 1.165) is 0 Å². The summed E-state index contributed by atoms with van der Waals surface area (Å²) in [7, 11) is 0. The van der Waals surface area contributed by atoms with E-state index in [1.54, 1.807) is 18.2 Å².